The van der Waals surface area contributed by atoms with Crippen LogP contribution in [0.15, 0.2) is 0 Å². The molecule has 0 saturated heterocycles. The van der Waals surface area contributed by atoms with Gasteiger partial charge in [-0.25, -0.2) is 0 Å². The van der Waals surface area contributed by atoms with Crippen molar-refractivity contribution in [2.45, 2.75) is 97.1 Å². The molecule has 0 unspecified atom stereocenters. The van der Waals surface area contributed by atoms with Crippen LogP contribution in [0, 0.1) is 0 Å². The molecule has 0 bridgehead atoms. The highest BCUT2D eigenvalue weighted by Gasteiger charge is 2.49. The molecule has 0 amide bonds. The Labute approximate surface area is 187 Å². The van der Waals surface area contributed by atoms with E-state index in [-0.39, 0.29) is 0 Å². The lowest BCUT2D eigenvalue weighted by Gasteiger charge is -2.43. The quantitative estimate of drug-likeness (QED) is 0.217. The first-order chi connectivity index (χ1) is 13.0. The van der Waals surface area contributed by atoms with Gasteiger partial charge >= 0.3 is 8.80 Å². The summed E-state index contributed by atoms with van der Waals surface area (Å²) in [6.07, 6.45) is 6.27. The van der Waals surface area contributed by atoms with Crippen LogP contribution in [0.1, 0.15) is 32.1 Å². The smallest absolute Gasteiger partial charge is 0.417 e. The maximum Gasteiger partial charge on any atom is 0.469 e. The number of hydrogen-bond acceptors (Lipinski definition) is 5. The fraction of sp³-hybridized carbons (Fsp3) is 1.00. The topological polar surface area (TPSA) is 43.0 Å². The van der Waals surface area contributed by atoms with E-state index in [1.54, 1.807) is 0 Å². The Bertz CT molecular complexity index is 392. The average Bonchev–Trinajstić information content (AvgIpc) is 2.43. The lowest BCUT2D eigenvalue weighted by molar-refractivity contribution is 0.250. The molecule has 0 fully saturated rings. The molecule has 0 aliphatic carbocycles. The van der Waals surface area contributed by atoms with Crippen molar-refractivity contribution in [3.63, 3.8) is 0 Å². The van der Waals surface area contributed by atoms with Crippen molar-refractivity contribution in [3.05, 3.63) is 0 Å². The zero-order valence-corrected chi connectivity index (χ0v) is 25.5. The molecule has 9 heteroatoms. The minimum Gasteiger partial charge on any atom is -0.417 e. The molecule has 1 N–H and O–H groups in total. The second-order valence-electron chi connectivity index (χ2n) is 11.4. The van der Waals surface area contributed by atoms with Gasteiger partial charge in [0.05, 0.1) is 0 Å². The largest absolute Gasteiger partial charge is 0.469 e. The highest BCUT2D eigenvalue weighted by Crippen LogP contribution is 2.29. The predicted molar refractivity (Wildman–Crippen MR) is 138 cm³/mol. The van der Waals surface area contributed by atoms with Crippen LogP contribution in [0.3, 0.4) is 0 Å². The van der Waals surface area contributed by atoms with Crippen LogP contribution in [0.25, 0.3) is 0 Å². The number of hydrogen-bond donors (Lipinski definition) is 1. The third kappa shape index (κ3) is 19.1. The number of rotatable bonds is 17. The monoisotopic (exact) mass is 480 g/mol. The molecule has 0 spiro atoms. The fourth-order valence-corrected chi connectivity index (χ4v) is 17.9. The molecule has 0 heterocycles. The van der Waals surface area contributed by atoms with Crippen LogP contribution in [-0.4, -0.2) is 72.4 Å². The maximum absolute atomic E-state index is 6.74. The summed E-state index contributed by atoms with van der Waals surface area (Å²) < 4.78 is 20.2. The van der Waals surface area contributed by atoms with E-state index in [1.165, 1.54) is 32.2 Å². The first-order valence-electron chi connectivity index (χ1n) is 11.5. The SMILES string of the molecule is CN(C)CCCCCCNCCC[Si](O[Si](C)(C)C)(O[Si](C)(C)C)O[Si](C)(C)C. The summed E-state index contributed by atoms with van der Waals surface area (Å²) in [4.78, 5) is 2.27. The molecule has 29 heavy (non-hydrogen) atoms. The lowest BCUT2D eigenvalue weighted by Crippen LogP contribution is -2.60. The van der Waals surface area contributed by atoms with Gasteiger partial charge in [-0.2, -0.15) is 0 Å². The average molecular weight is 481 g/mol. The summed E-state index contributed by atoms with van der Waals surface area (Å²) in [5.74, 6) is 0. The molecular formula is C20H52N2O3Si4. The zero-order chi connectivity index (χ0) is 22.8. The van der Waals surface area contributed by atoms with Gasteiger partial charge in [0, 0.05) is 6.04 Å². The molecule has 0 atom stereocenters. The minimum absolute atomic E-state index is 0.932. The van der Waals surface area contributed by atoms with Crippen molar-refractivity contribution >= 4 is 33.8 Å². The maximum atomic E-state index is 6.74. The van der Waals surface area contributed by atoms with Gasteiger partial charge in [-0.1, -0.05) is 12.8 Å². The Balaban J connectivity index is 4.60. The van der Waals surface area contributed by atoms with Crippen LogP contribution in [-0.2, 0) is 12.3 Å². The summed E-state index contributed by atoms with van der Waals surface area (Å²) >= 11 is 0. The molecule has 0 aromatic heterocycles. The van der Waals surface area contributed by atoms with E-state index >= 15 is 0 Å². The van der Waals surface area contributed by atoms with Gasteiger partial charge in [0.15, 0.2) is 25.0 Å². The van der Waals surface area contributed by atoms with E-state index < -0.39 is 33.8 Å². The second-order valence-corrected chi connectivity index (χ2v) is 28.4. The molecule has 0 aliphatic rings. The third-order valence-corrected chi connectivity index (χ3v) is 16.0. The normalized spacial score (nSPS) is 14.1. The molecular weight excluding hydrogens is 429 g/mol. The van der Waals surface area contributed by atoms with E-state index in [4.69, 9.17) is 12.3 Å². The number of nitrogens with zero attached hydrogens (tertiary/aromatic N) is 1. The van der Waals surface area contributed by atoms with Crippen molar-refractivity contribution in [1.82, 2.24) is 10.2 Å². The van der Waals surface area contributed by atoms with Crippen molar-refractivity contribution < 1.29 is 12.3 Å². The van der Waals surface area contributed by atoms with E-state index in [2.05, 4.69) is 83.2 Å². The molecule has 0 aromatic carbocycles. The van der Waals surface area contributed by atoms with Crippen LogP contribution >= 0.6 is 0 Å². The summed E-state index contributed by atoms with van der Waals surface area (Å²) in [6, 6.07) is 0.932. The van der Waals surface area contributed by atoms with Gasteiger partial charge in [-0.3, -0.25) is 0 Å². The van der Waals surface area contributed by atoms with Crippen LogP contribution in [0.2, 0.25) is 65.0 Å². The highest BCUT2D eigenvalue weighted by molar-refractivity contribution is 6.90. The van der Waals surface area contributed by atoms with Crippen LogP contribution in [0.5, 0.6) is 0 Å². The summed E-state index contributed by atoms with van der Waals surface area (Å²) in [5.41, 5.74) is 0. The predicted octanol–water partition coefficient (Wildman–Crippen LogP) is 5.58. The van der Waals surface area contributed by atoms with Gasteiger partial charge in [-0.05, 0) is 112 Å². The third-order valence-electron chi connectivity index (χ3n) is 3.93. The van der Waals surface area contributed by atoms with E-state index in [0.717, 1.165) is 25.6 Å². The van der Waals surface area contributed by atoms with Gasteiger partial charge < -0.3 is 22.6 Å². The minimum atomic E-state index is -2.66. The summed E-state index contributed by atoms with van der Waals surface area (Å²) in [5, 5.41) is 3.63. The van der Waals surface area contributed by atoms with Crippen molar-refractivity contribution in [3.8, 4) is 0 Å². The molecule has 176 valence electrons. The summed E-state index contributed by atoms with van der Waals surface area (Å²) in [7, 11) is -3.65. The van der Waals surface area contributed by atoms with Crippen LogP contribution in [0.4, 0.5) is 0 Å². The van der Waals surface area contributed by atoms with Gasteiger partial charge in [0.2, 0.25) is 0 Å². The number of nitrogens with one attached hydrogen (secondary N) is 1. The second kappa shape index (κ2) is 13.3. The van der Waals surface area contributed by atoms with Gasteiger partial charge in [0.1, 0.15) is 0 Å². The Morgan fingerprint density at radius 1 is 0.586 bits per heavy atom. The Kier molecular flexibility index (Phi) is 13.6. The zero-order valence-electron chi connectivity index (χ0n) is 21.5. The van der Waals surface area contributed by atoms with Gasteiger partial charge in [-0.15, -0.1) is 0 Å². The fourth-order valence-electron chi connectivity index (χ4n) is 3.20. The lowest BCUT2D eigenvalue weighted by atomic mass is 10.2. The molecule has 0 saturated carbocycles. The van der Waals surface area contributed by atoms with Crippen molar-refractivity contribution in [2.24, 2.45) is 0 Å². The molecule has 5 nitrogen and oxygen atoms in total. The molecule has 0 rings (SSSR count). The van der Waals surface area contributed by atoms with Crippen molar-refractivity contribution in [1.29, 1.82) is 0 Å². The first-order valence-corrected chi connectivity index (χ1v) is 23.7. The highest BCUT2D eigenvalue weighted by atomic mass is 28.5. The van der Waals surface area contributed by atoms with Crippen LogP contribution < -0.4 is 5.32 Å². The molecule has 0 radical (unpaired) electrons. The van der Waals surface area contributed by atoms with E-state index in [9.17, 15) is 0 Å². The van der Waals surface area contributed by atoms with Crippen molar-refractivity contribution in [2.75, 3.05) is 33.7 Å². The first kappa shape index (κ1) is 29.7. The van der Waals surface area contributed by atoms with Gasteiger partial charge in [0.25, 0.3) is 0 Å². The Morgan fingerprint density at radius 3 is 1.41 bits per heavy atom. The van der Waals surface area contributed by atoms with E-state index in [1.807, 2.05) is 0 Å². The standard InChI is InChI=1S/C20H52N2O3Si4/c1-22(2)19-15-13-12-14-17-21-18-16-20-29(23-26(3,4)5,24-27(6,7)8)25-28(9,10)11/h21H,12-20H2,1-11H3. The molecule has 0 aliphatic heterocycles. The Hall–Kier alpha value is 0.668. The number of unbranched alkanes of at least 4 members (excludes halogenated alkanes) is 3. The Morgan fingerprint density at radius 2 is 1.00 bits per heavy atom. The summed E-state index contributed by atoms with van der Waals surface area (Å²) in [6.45, 7) is 23.6. The van der Waals surface area contributed by atoms with E-state index in [0.29, 0.717) is 0 Å². The molecule has 0 aromatic rings.